The number of nitrogens with one attached hydrogen (secondary N) is 1. The van der Waals surface area contributed by atoms with Crippen LogP contribution >= 0.6 is 0 Å². The van der Waals surface area contributed by atoms with Gasteiger partial charge in [0.1, 0.15) is 0 Å². The molecule has 1 saturated heterocycles. The number of rotatable bonds is 7. The van der Waals surface area contributed by atoms with Crippen molar-refractivity contribution in [1.29, 1.82) is 0 Å². The number of hydrogen-bond donors (Lipinski definition) is 1. The topological polar surface area (TPSA) is 30.9 Å². The Morgan fingerprint density at radius 2 is 2.05 bits per heavy atom. The Labute approximate surface area is 125 Å². The van der Waals surface area contributed by atoms with Gasteiger partial charge in [0.25, 0.3) is 0 Å². The Balaban J connectivity index is 2.33. The van der Waals surface area contributed by atoms with E-state index >= 15 is 0 Å². The normalized spacial score (nSPS) is 20.2. The van der Waals surface area contributed by atoms with Gasteiger partial charge in [0.2, 0.25) is 0 Å². The largest absolute Gasteiger partial charge is 0.355 e. The van der Waals surface area contributed by atoms with E-state index < -0.39 is 0 Å². The summed E-state index contributed by atoms with van der Waals surface area (Å²) in [6.45, 7) is 15.7. The summed E-state index contributed by atoms with van der Waals surface area (Å²) in [5.41, 5.74) is 0. The Morgan fingerprint density at radius 1 is 1.35 bits per heavy atom. The maximum Gasteiger partial charge on any atom is 0.193 e. The lowest BCUT2D eigenvalue weighted by atomic mass is 9.97. The molecular weight excluding hydrogens is 248 g/mol. The highest BCUT2D eigenvalue weighted by Crippen LogP contribution is 2.23. The number of hydrogen-bond acceptors (Lipinski definition) is 2. The third-order valence-corrected chi connectivity index (χ3v) is 4.21. The fourth-order valence-corrected chi connectivity index (χ4v) is 3.08. The minimum atomic E-state index is 0.803. The minimum absolute atomic E-state index is 0.803. The lowest BCUT2D eigenvalue weighted by Crippen LogP contribution is -2.43. The van der Waals surface area contributed by atoms with Crippen molar-refractivity contribution in [2.24, 2.45) is 16.8 Å². The molecule has 0 amide bonds. The molecule has 20 heavy (non-hydrogen) atoms. The van der Waals surface area contributed by atoms with E-state index in [-0.39, 0.29) is 0 Å². The molecule has 0 aromatic heterocycles. The van der Waals surface area contributed by atoms with Gasteiger partial charge < -0.3 is 15.1 Å². The van der Waals surface area contributed by atoms with E-state index in [0.717, 1.165) is 50.5 Å². The first-order chi connectivity index (χ1) is 9.60. The summed E-state index contributed by atoms with van der Waals surface area (Å²) in [6.07, 6.45) is 2.65. The quantitative estimate of drug-likeness (QED) is 0.574. The summed E-state index contributed by atoms with van der Waals surface area (Å²) < 4.78 is 0. The van der Waals surface area contributed by atoms with Crippen LogP contribution < -0.4 is 5.32 Å². The lowest BCUT2D eigenvalue weighted by Gasteiger charge is -2.24. The first kappa shape index (κ1) is 17.3. The highest BCUT2D eigenvalue weighted by atomic mass is 15.3. The zero-order valence-electron chi connectivity index (χ0n) is 14.2. The van der Waals surface area contributed by atoms with Crippen molar-refractivity contribution < 1.29 is 0 Å². The van der Waals surface area contributed by atoms with Gasteiger partial charge in [-0.25, -0.2) is 0 Å². The van der Waals surface area contributed by atoms with Crippen LogP contribution in [0.4, 0.5) is 0 Å². The molecule has 0 saturated carbocycles. The second-order valence-corrected chi connectivity index (χ2v) is 6.23. The molecule has 1 atom stereocenters. The van der Waals surface area contributed by atoms with Crippen molar-refractivity contribution in [3.63, 3.8) is 0 Å². The van der Waals surface area contributed by atoms with Gasteiger partial charge in [0.05, 0.1) is 0 Å². The smallest absolute Gasteiger partial charge is 0.193 e. The summed E-state index contributed by atoms with van der Waals surface area (Å²) in [5, 5.41) is 3.52. The second kappa shape index (κ2) is 9.22. The van der Waals surface area contributed by atoms with E-state index in [9.17, 15) is 0 Å². The molecule has 0 aliphatic carbocycles. The maximum absolute atomic E-state index is 4.45. The van der Waals surface area contributed by atoms with Gasteiger partial charge in [0.15, 0.2) is 5.96 Å². The summed E-state index contributed by atoms with van der Waals surface area (Å²) in [6, 6.07) is 0. The molecule has 0 spiro atoms. The standard InChI is InChI=1S/C16H34N4/c1-6-19(7-2)11-9-18-16(17-5)20-10-8-15(13-20)12-14(3)4/h14-15H,6-13H2,1-5H3,(H,17,18). The molecule has 1 rings (SSSR count). The molecule has 1 N–H and O–H groups in total. The summed E-state index contributed by atoms with van der Waals surface area (Å²) in [5.74, 6) is 2.73. The van der Waals surface area contributed by atoms with Crippen molar-refractivity contribution in [2.45, 2.75) is 40.5 Å². The number of likely N-dealkylation sites (N-methyl/N-ethyl adjacent to an activating group) is 1. The Hall–Kier alpha value is -0.770. The Bertz CT molecular complexity index is 284. The van der Waals surface area contributed by atoms with Crippen molar-refractivity contribution >= 4 is 5.96 Å². The van der Waals surface area contributed by atoms with E-state index in [4.69, 9.17) is 0 Å². The predicted octanol–water partition coefficient (Wildman–Crippen LogP) is 2.27. The molecular formula is C16H34N4. The van der Waals surface area contributed by atoms with Crippen molar-refractivity contribution in [3.05, 3.63) is 0 Å². The van der Waals surface area contributed by atoms with E-state index in [2.05, 4.69) is 47.8 Å². The van der Waals surface area contributed by atoms with Gasteiger partial charge in [-0.2, -0.15) is 0 Å². The molecule has 4 nitrogen and oxygen atoms in total. The average molecular weight is 282 g/mol. The Morgan fingerprint density at radius 3 is 2.60 bits per heavy atom. The molecule has 0 aromatic rings. The van der Waals surface area contributed by atoms with E-state index in [1.807, 2.05) is 7.05 Å². The van der Waals surface area contributed by atoms with E-state index in [0.29, 0.717) is 0 Å². The number of nitrogens with zero attached hydrogens (tertiary/aromatic N) is 3. The predicted molar refractivity (Wildman–Crippen MR) is 88.3 cm³/mol. The van der Waals surface area contributed by atoms with Gasteiger partial charge in [-0.3, -0.25) is 4.99 Å². The minimum Gasteiger partial charge on any atom is -0.355 e. The van der Waals surface area contributed by atoms with Crippen LogP contribution in [-0.4, -0.2) is 62.1 Å². The first-order valence-corrected chi connectivity index (χ1v) is 8.28. The van der Waals surface area contributed by atoms with Crippen LogP contribution in [0.15, 0.2) is 4.99 Å². The SMILES string of the molecule is CCN(CC)CCNC(=NC)N1CCC(CC(C)C)C1. The third kappa shape index (κ3) is 5.70. The monoisotopic (exact) mass is 282 g/mol. The molecule has 0 aromatic carbocycles. The zero-order chi connectivity index (χ0) is 15.0. The fourth-order valence-electron chi connectivity index (χ4n) is 3.08. The van der Waals surface area contributed by atoms with Crippen molar-refractivity contribution in [1.82, 2.24) is 15.1 Å². The van der Waals surface area contributed by atoms with Crippen LogP contribution in [0, 0.1) is 11.8 Å². The summed E-state index contributed by atoms with van der Waals surface area (Å²) >= 11 is 0. The van der Waals surface area contributed by atoms with Crippen LogP contribution in [0.1, 0.15) is 40.5 Å². The van der Waals surface area contributed by atoms with Gasteiger partial charge in [0, 0.05) is 33.2 Å². The molecule has 1 aliphatic rings. The zero-order valence-corrected chi connectivity index (χ0v) is 14.2. The van der Waals surface area contributed by atoms with Gasteiger partial charge >= 0.3 is 0 Å². The molecule has 4 heteroatoms. The van der Waals surface area contributed by atoms with Crippen molar-refractivity contribution in [3.8, 4) is 0 Å². The van der Waals surface area contributed by atoms with Gasteiger partial charge in [-0.1, -0.05) is 27.7 Å². The number of guanidine groups is 1. The van der Waals surface area contributed by atoms with Crippen LogP contribution in [0.5, 0.6) is 0 Å². The second-order valence-electron chi connectivity index (χ2n) is 6.23. The highest BCUT2D eigenvalue weighted by Gasteiger charge is 2.25. The van der Waals surface area contributed by atoms with E-state index in [1.165, 1.54) is 19.4 Å². The number of aliphatic imine (C=N–C) groups is 1. The highest BCUT2D eigenvalue weighted by molar-refractivity contribution is 5.80. The van der Waals surface area contributed by atoms with Gasteiger partial charge in [-0.05, 0) is 37.8 Å². The lowest BCUT2D eigenvalue weighted by molar-refractivity contribution is 0.306. The summed E-state index contributed by atoms with van der Waals surface area (Å²) in [4.78, 5) is 9.31. The van der Waals surface area contributed by atoms with Crippen LogP contribution in [-0.2, 0) is 0 Å². The Kier molecular flexibility index (Phi) is 7.97. The van der Waals surface area contributed by atoms with E-state index in [1.54, 1.807) is 0 Å². The van der Waals surface area contributed by atoms with Crippen LogP contribution in [0.25, 0.3) is 0 Å². The first-order valence-electron chi connectivity index (χ1n) is 8.28. The fraction of sp³-hybridized carbons (Fsp3) is 0.938. The maximum atomic E-state index is 4.45. The van der Waals surface area contributed by atoms with Crippen molar-refractivity contribution in [2.75, 3.05) is 46.3 Å². The molecule has 0 radical (unpaired) electrons. The molecule has 1 heterocycles. The molecule has 1 aliphatic heterocycles. The average Bonchev–Trinajstić information content (AvgIpc) is 2.86. The van der Waals surface area contributed by atoms with Gasteiger partial charge in [-0.15, -0.1) is 0 Å². The third-order valence-electron chi connectivity index (χ3n) is 4.21. The van der Waals surface area contributed by atoms with Crippen LogP contribution in [0.2, 0.25) is 0 Å². The molecule has 1 fully saturated rings. The van der Waals surface area contributed by atoms with Crippen LogP contribution in [0.3, 0.4) is 0 Å². The molecule has 1 unspecified atom stereocenters. The molecule has 118 valence electrons. The molecule has 0 bridgehead atoms. The number of likely N-dealkylation sites (tertiary alicyclic amines) is 1. The summed E-state index contributed by atoms with van der Waals surface area (Å²) in [7, 11) is 1.90.